The van der Waals surface area contributed by atoms with Crippen molar-refractivity contribution in [3.05, 3.63) is 29.8 Å². The molecule has 102 valence electrons. The van der Waals surface area contributed by atoms with Gasteiger partial charge in [-0.05, 0) is 33.3 Å². The molecule has 0 bridgehead atoms. The van der Waals surface area contributed by atoms with E-state index in [-0.39, 0.29) is 5.60 Å². The lowest BCUT2D eigenvalue weighted by Crippen LogP contribution is -2.54. The number of hydrogen-bond acceptors (Lipinski definition) is 3. The fourth-order valence-electron chi connectivity index (χ4n) is 2.76. The highest BCUT2D eigenvalue weighted by atomic mass is 16.5. The topological polar surface area (TPSA) is 45.0 Å². The smallest absolute Gasteiger partial charge is 0.139 e. The van der Waals surface area contributed by atoms with Crippen molar-refractivity contribution in [2.24, 2.45) is 0 Å². The van der Waals surface area contributed by atoms with Crippen molar-refractivity contribution in [3.8, 4) is 11.8 Å². The minimum Gasteiger partial charge on any atom is -0.487 e. The predicted octanol–water partition coefficient (Wildman–Crippen LogP) is 3.35. The number of rotatable bonds is 3. The molecule has 0 aromatic heterocycles. The van der Waals surface area contributed by atoms with Gasteiger partial charge in [0.15, 0.2) is 0 Å². The SMILES string of the molecule is CCC(C)NC1(C#N)CC(C)(C)Oc2ccccc21. The molecule has 1 N–H and O–H groups in total. The highest BCUT2D eigenvalue weighted by Gasteiger charge is 2.46. The Kier molecular flexibility index (Phi) is 3.56. The number of hydrogen-bond donors (Lipinski definition) is 1. The van der Waals surface area contributed by atoms with Crippen molar-refractivity contribution in [1.82, 2.24) is 5.32 Å². The molecule has 0 fully saturated rings. The van der Waals surface area contributed by atoms with E-state index in [1.165, 1.54) is 0 Å². The van der Waals surface area contributed by atoms with E-state index < -0.39 is 5.54 Å². The summed E-state index contributed by atoms with van der Waals surface area (Å²) < 4.78 is 6.00. The second kappa shape index (κ2) is 4.86. The van der Waals surface area contributed by atoms with E-state index in [9.17, 15) is 5.26 Å². The Bertz CT molecular complexity index is 504. The van der Waals surface area contributed by atoms with E-state index in [2.05, 4.69) is 25.2 Å². The molecule has 2 rings (SSSR count). The van der Waals surface area contributed by atoms with Gasteiger partial charge in [0.25, 0.3) is 0 Å². The van der Waals surface area contributed by atoms with Crippen LogP contribution in [0, 0.1) is 11.3 Å². The third kappa shape index (κ3) is 2.59. The maximum absolute atomic E-state index is 9.80. The molecule has 1 heterocycles. The Hall–Kier alpha value is -1.53. The molecule has 2 atom stereocenters. The molecule has 0 amide bonds. The highest BCUT2D eigenvalue weighted by molar-refractivity contribution is 5.46. The average Bonchev–Trinajstić information content (AvgIpc) is 2.37. The van der Waals surface area contributed by atoms with Crippen LogP contribution in [0.5, 0.6) is 5.75 Å². The van der Waals surface area contributed by atoms with Gasteiger partial charge in [0.2, 0.25) is 0 Å². The van der Waals surface area contributed by atoms with Crippen LogP contribution in [-0.2, 0) is 5.54 Å². The number of nitriles is 1. The van der Waals surface area contributed by atoms with Crippen LogP contribution in [0.15, 0.2) is 24.3 Å². The molecule has 0 spiro atoms. The summed E-state index contributed by atoms with van der Waals surface area (Å²) >= 11 is 0. The van der Waals surface area contributed by atoms with Gasteiger partial charge in [0.1, 0.15) is 16.9 Å². The summed E-state index contributed by atoms with van der Waals surface area (Å²) in [5.74, 6) is 0.816. The molecule has 1 aromatic carbocycles. The Morgan fingerprint density at radius 3 is 2.74 bits per heavy atom. The quantitative estimate of drug-likeness (QED) is 0.904. The minimum atomic E-state index is -0.659. The maximum Gasteiger partial charge on any atom is 0.139 e. The fourth-order valence-corrected chi connectivity index (χ4v) is 2.76. The molecule has 0 saturated heterocycles. The number of ether oxygens (including phenoxy) is 1. The number of benzene rings is 1. The molecule has 1 aromatic rings. The van der Waals surface area contributed by atoms with Gasteiger partial charge < -0.3 is 4.74 Å². The fraction of sp³-hybridized carbons (Fsp3) is 0.562. The molecule has 1 aliphatic heterocycles. The number of fused-ring (bicyclic) bond motifs is 1. The molecule has 0 aliphatic carbocycles. The summed E-state index contributed by atoms with van der Waals surface area (Å²) in [6.07, 6.45) is 1.64. The van der Waals surface area contributed by atoms with Crippen LogP contribution < -0.4 is 10.1 Å². The van der Waals surface area contributed by atoms with Crippen molar-refractivity contribution in [1.29, 1.82) is 5.26 Å². The minimum absolute atomic E-state index is 0.293. The third-order valence-corrected chi connectivity index (χ3v) is 3.72. The zero-order valence-corrected chi connectivity index (χ0v) is 12.2. The van der Waals surface area contributed by atoms with Gasteiger partial charge in [-0.25, -0.2) is 0 Å². The summed E-state index contributed by atoms with van der Waals surface area (Å²) in [6, 6.07) is 10.6. The van der Waals surface area contributed by atoms with Crippen LogP contribution in [0.4, 0.5) is 0 Å². The van der Waals surface area contributed by atoms with Crippen LogP contribution in [-0.4, -0.2) is 11.6 Å². The zero-order chi connectivity index (χ0) is 14.1. The van der Waals surface area contributed by atoms with E-state index in [4.69, 9.17) is 4.74 Å². The summed E-state index contributed by atoms with van der Waals surface area (Å²) in [5.41, 5.74) is -0.0460. The Morgan fingerprint density at radius 1 is 1.42 bits per heavy atom. The van der Waals surface area contributed by atoms with Crippen molar-refractivity contribution < 1.29 is 4.74 Å². The largest absolute Gasteiger partial charge is 0.487 e. The second-order valence-corrected chi connectivity index (χ2v) is 6.01. The van der Waals surface area contributed by atoms with Crippen molar-refractivity contribution in [2.45, 2.75) is 57.7 Å². The van der Waals surface area contributed by atoms with E-state index in [1.54, 1.807) is 0 Å². The van der Waals surface area contributed by atoms with Crippen molar-refractivity contribution >= 4 is 0 Å². The van der Waals surface area contributed by atoms with Crippen LogP contribution >= 0.6 is 0 Å². The molecule has 0 radical (unpaired) electrons. The van der Waals surface area contributed by atoms with E-state index in [1.807, 2.05) is 38.1 Å². The van der Waals surface area contributed by atoms with Gasteiger partial charge >= 0.3 is 0 Å². The summed E-state index contributed by atoms with van der Waals surface area (Å²) in [5, 5.41) is 13.3. The first-order chi connectivity index (χ1) is 8.92. The third-order valence-electron chi connectivity index (χ3n) is 3.72. The lowest BCUT2D eigenvalue weighted by molar-refractivity contribution is 0.0462. The number of nitrogens with one attached hydrogen (secondary N) is 1. The number of nitrogens with zero attached hydrogens (tertiary/aromatic N) is 1. The molecule has 3 nitrogen and oxygen atoms in total. The van der Waals surface area contributed by atoms with E-state index in [0.29, 0.717) is 12.5 Å². The van der Waals surface area contributed by atoms with Crippen LogP contribution in [0.1, 0.15) is 46.1 Å². The molecule has 0 saturated carbocycles. The van der Waals surface area contributed by atoms with Gasteiger partial charge in [-0.2, -0.15) is 5.26 Å². The average molecular weight is 258 g/mol. The Balaban J connectivity index is 2.51. The summed E-state index contributed by atoms with van der Waals surface area (Å²) in [4.78, 5) is 0. The maximum atomic E-state index is 9.80. The molecular formula is C16H22N2O. The standard InChI is InChI=1S/C16H22N2O/c1-5-12(2)18-16(11-17)10-15(3,4)19-14-9-7-6-8-13(14)16/h6-9,12,18H,5,10H2,1-4H3. The predicted molar refractivity (Wildman–Crippen MR) is 75.9 cm³/mol. The zero-order valence-electron chi connectivity index (χ0n) is 12.2. The normalized spacial score (nSPS) is 25.8. The molecular weight excluding hydrogens is 236 g/mol. The Morgan fingerprint density at radius 2 is 2.11 bits per heavy atom. The van der Waals surface area contributed by atoms with Gasteiger partial charge in [-0.1, -0.05) is 25.1 Å². The Labute approximate surface area is 115 Å². The van der Waals surface area contributed by atoms with Gasteiger partial charge in [-0.15, -0.1) is 0 Å². The molecule has 19 heavy (non-hydrogen) atoms. The summed E-state index contributed by atoms with van der Waals surface area (Å²) in [6.45, 7) is 8.31. The highest BCUT2D eigenvalue weighted by Crippen LogP contribution is 2.43. The van der Waals surface area contributed by atoms with Crippen molar-refractivity contribution in [3.63, 3.8) is 0 Å². The molecule has 1 aliphatic rings. The second-order valence-electron chi connectivity index (χ2n) is 6.01. The van der Waals surface area contributed by atoms with Crippen LogP contribution in [0.2, 0.25) is 0 Å². The van der Waals surface area contributed by atoms with Crippen LogP contribution in [0.25, 0.3) is 0 Å². The molecule has 3 heteroatoms. The van der Waals surface area contributed by atoms with Gasteiger partial charge in [0.05, 0.1) is 6.07 Å². The lowest BCUT2D eigenvalue weighted by Gasteiger charge is -2.43. The van der Waals surface area contributed by atoms with Gasteiger partial charge in [0, 0.05) is 18.0 Å². The molecule has 2 unspecified atom stereocenters. The monoisotopic (exact) mass is 258 g/mol. The number of para-hydroxylation sites is 1. The first-order valence-corrected chi connectivity index (χ1v) is 6.90. The van der Waals surface area contributed by atoms with Gasteiger partial charge in [-0.3, -0.25) is 5.32 Å². The first-order valence-electron chi connectivity index (χ1n) is 6.90. The first kappa shape index (κ1) is 13.9. The van der Waals surface area contributed by atoms with E-state index in [0.717, 1.165) is 17.7 Å². The lowest BCUT2D eigenvalue weighted by atomic mass is 9.78. The van der Waals surface area contributed by atoms with E-state index >= 15 is 0 Å². The van der Waals surface area contributed by atoms with Crippen LogP contribution in [0.3, 0.4) is 0 Å². The van der Waals surface area contributed by atoms with Crippen molar-refractivity contribution in [2.75, 3.05) is 0 Å². The summed E-state index contributed by atoms with van der Waals surface area (Å²) in [7, 11) is 0.